The fraction of sp³-hybridized carbons (Fsp3) is 0. The summed E-state index contributed by atoms with van der Waals surface area (Å²) >= 11 is 0. The van der Waals surface area contributed by atoms with Crippen molar-refractivity contribution in [3.05, 3.63) is 182 Å². The first-order chi connectivity index (χ1) is 26.8. The molecule has 0 aromatic heterocycles. The molecule has 0 heterocycles. The van der Waals surface area contributed by atoms with Crippen molar-refractivity contribution in [3.8, 4) is 66.8 Å². The summed E-state index contributed by atoms with van der Waals surface area (Å²) in [6.45, 7) is 0. The Bertz CT molecular complexity index is 3260. The maximum atomic E-state index is 2.46. The fourth-order valence-corrected chi connectivity index (χ4v) is 10.2. The van der Waals surface area contributed by atoms with Crippen molar-refractivity contribution < 1.29 is 0 Å². The van der Waals surface area contributed by atoms with Crippen LogP contribution >= 0.6 is 0 Å². The van der Waals surface area contributed by atoms with Crippen LogP contribution in [0.25, 0.3) is 131 Å². The lowest BCUT2D eigenvalue weighted by molar-refractivity contribution is 1.64. The van der Waals surface area contributed by atoms with E-state index in [0.717, 1.165) is 0 Å². The molecule has 2 aliphatic carbocycles. The SMILES string of the molecule is c1cc(-c2cc3c4cccc5c4c(cc3c3ccccc23)-c2ccccc2-5)cc(-c2cc3c4cccc5c4c(cc3c3ccccc23)-c2ccccc2-5)c1. The van der Waals surface area contributed by atoms with E-state index in [0.29, 0.717) is 0 Å². The molecule has 0 spiro atoms. The van der Waals surface area contributed by atoms with Gasteiger partial charge in [-0.1, -0.05) is 152 Å². The lowest BCUT2D eigenvalue weighted by atomic mass is 9.87. The number of benzene rings is 11. The average molecular weight is 679 g/mol. The van der Waals surface area contributed by atoms with E-state index in [1.165, 1.54) is 131 Å². The second-order valence-electron chi connectivity index (χ2n) is 15.1. The van der Waals surface area contributed by atoms with E-state index in [-0.39, 0.29) is 0 Å². The van der Waals surface area contributed by atoms with Crippen LogP contribution in [0.1, 0.15) is 0 Å². The Balaban J connectivity index is 1.07. The van der Waals surface area contributed by atoms with Crippen LogP contribution in [0.15, 0.2) is 182 Å². The predicted octanol–water partition coefficient (Wildman–Crippen LogP) is 15.2. The summed E-state index contributed by atoms with van der Waals surface area (Å²) in [5.74, 6) is 0. The van der Waals surface area contributed by atoms with Crippen molar-refractivity contribution in [2.75, 3.05) is 0 Å². The van der Waals surface area contributed by atoms with Gasteiger partial charge in [-0.3, -0.25) is 0 Å². The topological polar surface area (TPSA) is 0 Å². The van der Waals surface area contributed by atoms with E-state index in [9.17, 15) is 0 Å². The van der Waals surface area contributed by atoms with E-state index < -0.39 is 0 Å². The summed E-state index contributed by atoms with van der Waals surface area (Å²) in [5.41, 5.74) is 15.7. The predicted molar refractivity (Wildman–Crippen MR) is 231 cm³/mol. The molecule has 0 N–H and O–H groups in total. The molecule has 11 aromatic carbocycles. The maximum absolute atomic E-state index is 2.46. The van der Waals surface area contributed by atoms with Gasteiger partial charge in [-0.25, -0.2) is 0 Å². The van der Waals surface area contributed by atoms with Gasteiger partial charge in [0.15, 0.2) is 0 Å². The molecule has 0 heteroatoms. The highest BCUT2D eigenvalue weighted by molar-refractivity contribution is 6.30. The first kappa shape index (κ1) is 28.6. The van der Waals surface area contributed by atoms with E-state index in [1.54, 1.807) is 0 Å². The summed E-state index contributed by atoms with van der Waals surface area (Å²) in [4.78, 5) is 0. The van der Waals surface area contributed by atoms with Gasteiger partial charge in [0, 0.05) is 0 Å². The summed E-state index contributed by atoms with van der Waals surface area (Å²) in [6.07, 6.45) is 0. The zero-order valence-corrected chi connectivity index (χ0v) is 29.3. The Morgan fingerprint density at radius 2 is 0.481 bits per heavy atom. The summed E-state index contributed by atoms with van der Waals surface area (Å²) in [7, 11) is 0. The zero-order valence-electron chi connectivity index (χ0n) is 29.3. The van der Waals surface area contributed by atoms with Gasteiger partial charge in [-0.15, -0.1) is 0 Å². The van der Waals surface area contributed by atoms with Crippen LogP contribution in [0.4, 0.5) is 0 Å². The average Bonchev–Trinajstić information content (AvgIpc) is 3.74. The highest BCUT2D eigenvalue weighted by atomic mass is 14.3. The molecule has 0 fully saturated rings. The monoisotopic (exact) mass is 678 g/mol. The van der Waals surface area contributed by atoms with Gasteiger partial charge in [0.05, 0.1) is 0 Å². The Morgan fingerprint density at radius 1 is 0.167 bits per heavy atom. The Morgan fingerprint density at radius 3 is 0.944 bits per heavy atom. The Labute approximate surface area is 312 Å². The van der Waals surface area contributed by atoms with Crippen molar-refractivity contribution >= 4 is 64.6 Å². The molecule has 2 aliphatic rings. The first-order valence-electron chi connectivity index (χ1n) is 18.9. The number of hydrogen-bond acceptors (Lipinski definition) is 0. The van der Waals surface area contributed by atoms with Gasteiger partial charge in [-0.05, 0) is 162 Å². The molecular formula is C54H30. The zero-order chi connectivity index (χ0) is 35.1. The molecule has 246 valence electrons. The number of fused-ring (bicyclic) bond motifs is 14. The molecule has 11 aromatic rings. The molecule has 0 radical (unpaired) electrons. The van der Waals surface area contributed by atoms with Crippen molar-refractivity contribution in [3.63, 3.8) is 0 Å². The quantitative estimate of drug-likeness (QED) is 0.160. The fourth-order valence-electron chi connectivity index (χ4n) is 10.2. The minimum Gasteiger partial charge on any atom is -0.0616 e. The van der Waals surface area contributed by atoms with Crippen molar-refractivity contribution in [1.29, 1.82) is 0 Å². The summed E-state index contributed by atoms with van der Waals surface area (Å²) < 4.78 is 0. The third kappa shape index (κ3) is 3.62. The van der Waals surface area contributed by atoms with Crippen molar-refractivity contribution in [2.45, 2.75) is 0 Å². The largest absolute Gasteiger partial charge is 0.0616 e. The Kier molecular flexibility index (Phi) is 5.45. The van der Waals surface area contributed by atoms with Crippen molar-refractivity contribution in [1.82, 2.24) is 0 Å². The third-order valence-corrected chi connectivity index (χ3v) is 12.5. The summed E-state index contributed by atoms with van der Waals surface area (Å²) in [5, 5.41) is 15.8. The van der Waals surface area contributed by atoms with Gasteiger partial charge in [0.1, 0.15) is 0 Å². The van der Waals surface area contributed by atoms with E-state index in [1.807, 2.05) is 0 Å². The van der Waals surface area contributed by atoms with Gasteiger partial charge >= 0.3 is 0 Å². The summed E-state index contributed by atoms with van der Waals surface area (Å²) in [6, 6.07) is 68.5. The highest BCUT2D eigenvalue weighted by Crippen LogP contribution is 2.53. The molecule has 0 nitrogen and oxygen atoms in total. The van der Waals surface area contributed by atoms with Gasteiger partial charge < -0.3 is 0 Å². The minimum atomic E-state index is 1.23. The minimum absolute atomic E-state index is 1.23. The number of rotatable bonds is 2. The van der Waals surface area contributed by atoms with Crippen LogP contribution in [-0.2, 0) is 0 Å². The highest BCUT2D eigenvalue weighted by Gasteiger charge is 2.25. The smallest absolute Gasteiger partial charge is 0.00199 e. The third-order valence-electron chi connectivity index (χ3n) is 12.5. The standard InChI is InChI=1S/C54H30/c1-7-20-39-33(14-1)41-22-10-24-43-49-27-45(35-16-3-5-18-37(35)47(49)29-51(39)53(41)43)31-12-9-13-32(26-31)46-28-50-44-25-11-23-42-34-15-2-8-21-40(34)52(54(42)44)30-48(50)38-19-6-4-17-36(38)46/h1-30H. The Hall–Kier alpha value is -7.02. The molecule has 0 atom stereocenters. The van der Waals surface area contributed by atoms with Gasteiger partial charge in [0.2, 0.25) is 0 Å². The maximum Gasteiger partial charge on any atom is -0.00199 e. The van der Waals surface area contributed by atoms with Crippen LogP contribution in [0.2, 0.25) is 0 Å². The van der Waals surface area contributed by atoms with Crippen LogP contribution in [0.5, 0.6) is 0 Å². The molecule has 13 rings (SSSR count). The van der Waals surface area contributed by atoms with Gasteiger partial charge in [-0.2, -0.15) is 0 Å². The van der Waals surface area contributed by atoms with Crippen LogP contribution in [-0.4, -0.2) is 0 Å². The molecule has 0 amide bonds. The van der Waals surface area contributed by atoms with Crippen LogP contribution in [0.3, 0.4) is 0 Å². The van der Waals surface area contributed by atoms with Gasteiger partial charge in [0.25, 0.3) is 0 Å². The van der Waals surface area contributed by atoms with Crippen LogP contribution in [0, 0.1) is 0 Å². The van der Waals surface area contributed by atoms with E-state index in [4.69, 9.17) is 0 Å². The van der Waals surface area contributed by atoms with E-state index >= 15 is 0 Å². The number of hydrogen-bond donors (Lipinski definition) is 0. The molecule has 0 aliphatic heterocycles. The molecule has 0 bridgehead atoms. The molecule has 54 heavy (non-hydrogen) atoms. The van der Waals surface area contributed by atoms with E-state index in [2.05, 4.69) is 182 Å². The van der Waals surface area contributed by atoms with Crippen molar-refractivity contribution in [2.24, 2.45) is 0 Å². The normalized spacial score (nSPS) is 12.4. The first-order valence-corrected chi connectivity index (χ1v) is 18.9. The lowest BCUT2D eigenvalue weighted by Crippen LogP contribution is -1.89. The molecule has 0 saturated heterocycles. The lowest BCUT2D eigenvalue weighted by Gasteiger charge is -2.17. The second kappa shape index (κ2) is 10.3. The molecule has 0 unspecified atom stereocenters. The molecule has 0 saturated carbocycles. The van der Waals surface area contributed by atoms with Crippen LogP contribution < -0.4 is 0 Å². The second-order valence-corrected chi connectivity index (χ2v) is 15.1. The molecular weight excluding hydrogens is 649 g/mol.